The Bertz CT molecular complexity index is 791. The molecule has 0 saturated carbocycles. The van der Waals surface area contributed by atoms with E-state index in [0.29, 0.717) is 5.56 Å². The van der Waals surface area contributed by atoms with Crippen LogP contribution in [0.1, 0.15) is 15.2 Å². The van der Waals surface area contributed by atoms with Crippen molar-refractivity contribution in [2.24, 2.45) is 0 Å². The van der Waals surface area contributed by atoms with Gasteiger partial charge in [-0.2, -0.15) is 0 Å². The minimum atomic E-state index is -0.108. The topological polar surface area (TPSA) is 51.1 Å². The number of rotatable bonds is 4. The second-order valence-corrected chi connectivity index (χ2v) is 4.70. The molecule has 104 valence electrons. The Morgan fingerprint density at radius 2 is 1.76 bits per heavy atom. The number of nitrogens with one attached hydrogen (secondary N) is 1. The highest BCUT2D eigenvalue weighted by Crippen LogP contribution is 2.19. The van der Waals surface area contributed by atoms with Crippen molar-refractivity contribution in [2.45, 2.75) is 0 Å². The fourth-order valence-corrected chi connectivity index (χ4v) is 2.33. The highest BCUT2D eigenvalue weighted by Gasteiger charge is 2.12. The number of nitrogens with zero attached hydrogens (tertiary/aromatic N) is 1. The van der Waals surface area contributed by atoms with Crippen molar-refractivity contribution in [3.8, 4) is 0 Å². The molecule has 21 heavy (non-hydrogen) atoms. The lowest BCUT2D eigenvalue weighted by atomic mass is 10.2. The number of aldehydes is 1. The van der Waals surface area contributed by atoms with Gasteiger partial charge in [0.25, 0.3) is 0 Å². The van der Waals surface area contributed by atoms with Crippen LogP contribution >= 0.6 is 0 Å². The van der Waals surface area contributed by atoms with Gasteiger partial charge in [-0.1, -0.05) is 36.4 Å². The average Bonchev–Trinajstić information content (AvgIpc) is 2.92. The van der Waals surface area contributed by atoms with E-state index in [2.05, 4.69) is 5.32 Å². The van der Waals surface area contributed by atoms with Gasteiger partial charge in [0, 0.05) is 22.8 Å². The Morgan fingerprint density at radius 3 is 2.52 bits per heavy atom. The summed E-state index contributed by atoms with van der Waals surface area (Å²) >= 11 is 0. The molecule has 0 radical (unpaired) electrons. The average molecular weight is 278 g/mol. The van der Waals surface area contributed by atoms with Gasteiger partial charge in [-0.15, -0.1) is 0 Å². The Hall–Kier alpha value is -2.88. The summed E-state index contributed by atoms with van der Waals surface area (Å²) in [6, 6.07) is 16.9. The number of para-hydroxylation sites is 2. The van der Waals surface area contributed by atoms with Crippen LogP contribution in [0.2, 0.25) is 0 Å². The Labute approximate surface area is 122 Å². The van der Waals surface area contributed by atoms with E-state index < -0.39 is 0 Å². The van der Waals surface area contributed by atoms with E-state index in [1.54, 1.807) is 6.20 Å². The van der Waals surface area contributed by atoms with Gasteiger partial charge in [0.1, 0.15) is 0 Å². The van der Waals surface area contributed by atoms with Crippen LogP contribution in [0.15, 0.2) is 60.8 Å². The number of aromatic nitrogens is 1. The van der Waals surface area contributed by atoms with Gasteiger partial charge < -0.3 is 5.32 Å². The van der Waals surface area contributed by atoms with Crippen LogP contribution in [-0.2, 0) is 0 Å². The van der Waals surface area contributed by atoms with Gasteiger partial charge in [0.15, 0.2) is 6.29 Å². The zero-order chi connectivity index (χ0) is 14.7. The summed E-state index contributed by atoms with van der Waals surface area (Å²) in [7, 11) is 0. The molecule has 1 aromatic heterocycles. The van der Waals surface area contributed by atoms with E-state index in [0.717, 1.165) is 22.9 Å². The van der Waals surface area contributed by atoms with E-state index in [-0.39, 0.29) is 12.5 Å². The molecular weight excluding hydrogens is 264 g/mol. The molecule has 2 aromatic carbocycles. The van der Waals surface area contributed by atoms with Crippen LogP contribution in [0.25, 0.3) is 10.9 Å². The summed E-state index contributed by atoms with van der Waals surface area (Å²) in [5, 5.41) is 3.87. The first-order chi connectivity index (χ1) is 10.3. The molecule has 0 aliphatic rings. The minimum Gasteiger partial charge on any atom is -0.376 e. The second kappa shape index (κ2) is 5.63. The smallest absolute Gasteiger partial charge is 0.250 e. The quantitative estimate of drug-likeness (QED) is 0.746. The lowest BCUT2D eigenvalue weighted by molar-refractivity contribution is 0.0934. The van der Waals surface area contributed by atoms with Gasteiger partial charge in [-0.25, -0.2) is 0 Å². The third kappa shape index (κ3) is 2.56. The molecule has 0 unspecified atom stereocenters. The Morgan fingerprint density at radius 1 is 1.05 bits per heavy atom. The normalized spacial score (nSPS) is 10.5. The number of carbonyl (C=O) groups excluding carboxylic acids is 2. The molecular formula is C17H14N2O2. The first-order valence-corrected chi connectivity index (χ1v) is 6.67. The lowest BCUT2D eigenvalue weighted by Crippen LogP contribution is -2.20. The SMILES string of the molecule is O=Cc1cn(C(=O)CNc2ccccc2)c2ccccc12. The van der Waals surface area contributed by atoms with E-state index >= 15 is 0 Å². The van der Waals surface area contributed by atoms with Crippen molar-refractivity contribution in [3.05, 3.63) is 66.4 Å². The summed E-state index contributed by atoms with van der Waals surface area (Å²) in [4.78, 5) is 23.4. The Balaban J connectivity index is 1.86. The molecule has 0 fully saturated rings. The molecule has 0 amide bonds. The highest BCUT2D eigenvalue weighted by molar-refractivity contribution is 6.03. The summed E-state index contributed by atoms with van der Waals surface area (Å²) in [5.74, 6) is -0.108. The van der Waals surface area contributed by atoms with Crippen molar-refractivity contribution in [3.63, 3.8) is 0 Å². The maximum Gasteiger partial charge on any atom is 0.250 e. The molecule has 0 spiro atoms. The molecule has 4 heteroatoms. The molecule has 3 rings (SSSR count). The first-order valence-electron chi connectivity index (χ1n) is 6.67. The lowest BCUT2D eigenvalue weighted by Gasteiger charge is -2.07. The van der Waals surface area contributed by atoms with Crippen LogP contribution in [0.3, 0.4) is 0 Å². The van der Waals surface area contributed by atoms with Crippen LogP contribution in [0.4, 0.5) is 5.69 Å². The van der Waals surface area contributed by atoms with E-state index in [9.17, 15) is 9.59 Å². The zero-order valence-electron chi connectivity index (χ0n) is 11.3. The summed E-state index contributed by atoms with van der Waals surface area (Å²) in [6.45, 7) is 0.168. The van der Waals surface area contributed by atoms with Crippen molar-refractivity contribution >= 4 is 28.8 Å². The van der Waals surface area contributed by atoms with Crippen LogP contribution in [0.5, 0.6) is 0 Å². The largest absolute Gasteiger partial charge is 0.376 e. The minimum absolute atomic E-state index is 0.108. The number of hydrogen-bond donors (Lipinski definition) is 1. The van der Waals surface area contributed by atoms with E-state index in [4.69, 9.17) is 0 Å². The van der Waals surface area contributed by atoms with E-state index in [1.807, 2.05) is 54.6 Å². The van der Waals surface area contributed by atoms with Crippen molar-refractivity contribution in [2.75, 3.05) is 11.9 Å². The van der Waals surface area contributed by atoms with Gasteiger partial charge in [-0.3, -0.25) is 14.2 Å². The highest BCUT2D eigenvalue weighted by atomic mass is 16.2. The maximum atomic E-state index is 12.3. The van der Waals surface area contributed by atoms with Gasteiger partial charge in [0.2, 0.25) is 5.91 Å². The van der Waals surface area contributed by atoms with Gasteiger partial charge >= 0.3 is 0 Å². The molecule has 1 N–H and O–H groups in total. The molecule has 0 aliphatic carbocycles. The summed E-state index contributed by atoms with van der Waals surface area (Å²) < 4.78 is 1.52. The number of benzene rings is 2. The molecule has 3 aromatic rings. The third-order valence-electron chi connectivity index (χ3n) is 3.36. The first kappa shape index (κ1) is 13.1. The summed E-state index contributed by atoms with van der Waals surface area (Å²) in [5.41, 5.74) is 2.16. The van der Waals surface area contributed by atoms with Crippen molar-refractivity contribution in [1.29, 1.82) is 0 Å². The monoisotopic (exact) mass is 278 g/mol. The molecule has 0 saturated heterocycles. The third-order valence-corrected chi connectivity index (χ3v) is 3.36. The van der Waals surface area contributed by atoms with Gasteiger partial charge in [0.05, 0.1) is 12.1 Å². The van der Waals surface area contributed by atoms with Crippen LogP contribution < -0.4 is 5.32 Å². The van der Waals surface area contributed by atoms with Crippen LogP contribution in [-0.4, -0.2) is 23.3 Å². The Kier molecular flexibility index (Phi) is 3.51. The predicted molar refractivity (Wildman–Crippen MR) is 82.9 cm³/mol. The number of hydrogen-bond acceptors (Lipinski definition) is 3. The fraction of sp³-hybridized carbons (Fsp3) is 0.0588. The van der Waals surface area contributed by atoms with Gasteiger partial charge in [-0.05, 0) is 18.2 Å². The predicted octanol–water partition coefficient (Wildman–Crippen LogP) is 3.21. The summed E-state index contributed by atoms with van der Waals surface area (Å²) in [6.07, 6.45) is 2.36. The zero-order valence-corrected chi connectivity index (χ0v) is 11.3. The molecule has 0 atom stereocenters. The molecule has 0 aliphatic heterocycles. The fourth-order valence-electron chi connectivity index (χ4n) is 2.33. The molecule has 0 bridgehead atoms. The number of fused-ring (bicyclic) bond motifs is 1. The molecule has 1 heterocycles. The molecule has 4 nitrogen and oxygen atoms in total. The van der Waals surface area contributed by atoms with Crippen LogP contribution in [0, 0.1) is 0 Å². The standard InChI is InChI=1S/C17H14N2O2/c20-12-13-11-19(16-9-5-4-8-15(13)16)17(21)10-18-14-6-2-1-3-7-14/h1-9,11-12,18H,10H2. The van der Waals surface area contributed by atoms with E-state index in [1.165, 1.54) is 4.57 Å². The second-order valence-electron chi connectivity index (χ2n) is 4.70. The number of carbonyl (C=O) groups is 2. The maximum absolute atomic E-state index is 12.3. The number of anilines is 1. The van der Waals surface area contributed by atoms with Crippen molar-refractivity contribution in [1.82, 2.24) is 4.57 Å². The van der Waals surface area contributed by atoms with Crippen molar-refractivity contribution < 1.29 is 9.59 Å².